The molecule has 0 aliphatic heterocycles. The maximum atomic E-state index is 9.64. The molecule has 1 aromatic heterocycles. The zero-order chi connectivity index (χ0) is 16.9. The lowest BCUT2D eigenvalue weighted by atomic mass is 9.89. The normalized spacial score (nSPS) is 13.2. The Kier molecular flexibility index (Phi) is 4.95. The second kappa shape index (κ2) is 7.31. The molecule has 5 heteroatoms. The minimum atomic E-state index is -0.410. The van der Waals surface area contributed by atoms with Gasteiger partial charge in [-0.2, -0.15) is 10.4 Å². The van der Waals surface area contributed by atoms with Gasteiger partial charge in [-0.15, -0.1) is 0 Å². The number of aromatic nitrogens is 2. The van der Waals surface area contributed by atoms with Gasteiger partial charge in [0.25, 0.3) is 0 Å². The van der Waals surface area contributed by atoms with Gasteiger partial charge in [0.15, 0.2) is 0 Å². The Hall–Kier alpha value is -2.61. The number of halogens is 1. The number of methoxy groups -OCH3 is 1. The van der Waals surface area contributed by atoms with E-state index in [0.29, 0.717) is 5.02 Å². The monoisotopic (exact) mass is 337 g/mol. The Labute approximate surface area is 145 Å². The van der Waals surface area contributed by atoms with E-state index in [1.165, 1.54) is 0 Å². The zero-order valence-corrected chi connectivity index (χ0v) is 13.9. The molecule has 3 rings (SSSR count). The summed E-state index contributed by atoms with van der Waals surface area (Å²) in [7, 11) is 1.62. The molecule has 0 bridgehead atoms. The number of benzene rings is 2. The van der Waals surface area contributed by atoms with Crippen LogP contribution in [0.3, 0.4) is 0 Å². The fourth-order valence-corrected chi connectivity index (χ4v) is 2.85. The predicted octanol–water partition coefficient (Wildman–Crippen LogP) is 4.72. The molecule has 0 aliphatic carbocycles. The summed E-state index contributed by atoms with van der Waals surface area (Å²) in [4.78, 5) is 0. The number of nitrogens with zero attached hydrogens (tertiary/aromatic N) is 2. The van der Waals surface area contributed by atoms with Crippen LogP contribution in [-0.4, -0.2) is 17.3 Å². The molecular formula is C19H16ClN3O. The maximum absolute atomic E-state index is 9.64. The Morgan fingerprint density at radius 2 is 1.71 bits per heavy atom. The molecular weight excluding hydrogens is 322 g/mol. The SMILES string of the molecule is COC(c1ccc(-c2cn[nH]c2)cc1)C(C#N)c1ccc(Cl)cc1. The Bertz CT molecular complexity index is 821. The van der Waals surface area contributed by atoms with Crippen molar-refractivity contribution >= 4 is 11.6 Å². The molecule has 0 fully saturated rings. The van der Waals surface area contributed by atoms with Crippen molar-refractivity contribution in [1.82, 2.24) is 10.2 Å². The summed E-state index contributed by atoms with van der Waals surface area (Å²) in [5, 5.41) is 17.0. The minimum Gasteiger partial charge on any atom is -0.375 e. The minimum absolute atomic E-state index is 0.352. The van der Waals surface area contributed by atoms with Crippen LogP contribution in [-0.2, 0) is 4.74 Å². The Morgan fingerprint density at radius 1 is 1.04 bits per heavy atom. The smallest absolute Gasteiger partial charge is 0.102 e. The third-order valence-electron chi connectivity index (χ3n) is 4.00. The maximum Gasteiger partial charge on any atom is 0.102 e. The fraction of sp³-hybridized carbons (Fsp3) is 0.158. The highest BCUT2D eigenvalue weighted by atomic mass is 35.5. The van der Waals surface area contributed by atoms with Crippen molar-refractivity contribution in [3.63, 3.8) is 0 Å². The number of hydrogen-bond donors (Lipinski definition) is 1. The van der Waals surface area contributed by atoms with Crippen molar-refractivity contribution in [3.05, 3.63) is 77.1 Å². The first-order chi connectivity index (χ1) is 11.7. The standard InChI is InChI=1S/C19H16ClN3O/c1-24-19(18(10-21)14-6-8-17(20)9-7-14)15-4-2-13(3-5-15)16-11-22-23-12-16/h2-9,11-12,18-19H,1H3,(H,22,23). The van der Waals surface area contributed by atoms with Crippen molar-refractivity contribution in [1.29, 1.82) is 5.26 Å². The average molecular weight is 338 g/mol. The van der Waals surface area contributed by atoms with E-state index in [4.69, 9.17) is 16.3 Å². The van der Waals surface area contributed by atoms with E-state index in [-0.39, 0.29) is 6.10 Å². The summed E-state index contributed by atoms with van der Waals surface area (Å²) in [6, 6.07) is 17.6. The first kappa shape index (κ1) is 16.3. The van der Waals surface area contributed by atoms with E-state index in [2.05, 4.69) is 16.3 Å². The van der Waals surface area contributed by atoms with Crippen LogP contribution in [0.25, 0.3) is 11.1 Å². The summed E-state index contributed by atoms with van der Waals surface area (Å²) < 4.78 is 5.63. The van der Waals surface area contributed by atoms with Crippen LogP contribution in [0.4, 0.5) is 0 Å². The van der Waals surface area contributed by atoms with Gasteiger partial charge in [0.2, 0.25) is 0 Å². The highest BCUT2D eigenvalue weighted by Gasteiger charge is 2.24. The van der Waals surface area contributed by atoms with Gasteiger partial charge in [0.1, 0.15) is 12.0 Å². The van der Waals surface area contributed by atoms with Crippen molar-refractivity contribution in [2.45, 2.75) is 12.0 Å². The van der Waals surface area contributed by atoms with Gasteiger partial charge < -0.3 is 4.74 Å². The van der Waals surface area contributed by atoms with Crippen LogP contribution in [0.1, 0.15) is 23.1 Å². The van der Waals surface area contributed by atoms with Crippen molar-refractivity contribution < 1.29 is 4.74 Å². The van der Waals surface area contributed by atoms with E-state index in [9.17, 15) is 5.26 Å². The number of nitrogens with one attached hydrogen (secondary N) is 1. The average Bonchev–Trinajstić information content (AvgIpc) is 3.15. The molecule has 0 saturated carbocycles. The number of H-pyrrole nitrogens is 1. The number of ether oxygens (including phenoxy) is 1. The summed E-state index contributed by atoms with van der Waals surface area (Å²) in [5.74, 6) is -0.410. The second-order valence-corrected chi connectivity index (χ2v) is 5.86. The number of nitriles is 1. The highest BCUT2D eigenvalue weighted by molar-refractivity contribution is 6.30. The molecule has 4 nitrogen and oxygen atoms in total. The molecule has 2 aromatic carbocycles. The Morgan fingerprint density at radius 3 is 2.25 bits per heavy atom. The van der Waals surface area contributed by atoms with Gasteiger partial charge in [0.05, 0.1) is 12.3 Å². The lowest BCUT2D eigenvalue weighted by Crippen LogP contribution is -2.12. The van der Waals surface area contributed by atoms with Gasteiger partial charge in [0, 0.05) is 23.9 Å². The molecule has 3 aromatic rings. The quantitative estimate of drug-likeness (QED) is 0.732. The molecule has 0 amide bonds. The lowest BCUT2D eigenvalue weighted by Gasteiger charge is -2.21. The third-order valence-corrected chi connectivity index (χ3v) is 4.25. The van der Waals surface area contributed by atoms with Gasteiger partial charge in [-0.3, -0.25) is 5.10 Å². The van der Waals surface area contributed by atoms with Crippen molar-refractivity contribution in [3.8, 4) is 17.2 Å². The van der Waals surface area contributed by atoms with Crippen LogP contribution in [0.15, 0.2) is 60.9 Å². The second-order valence-electron chi connectivity index (χ2n) is 5.42. The largest absolute Gasteiger partial charge is 0.375 e. The summed E-state index contributed by atoms with van der Waals surface area (Å²) >= 11 is 5.93. The molecule has 1 heterocycles. The number of hydrogen-bond acceptors (Lipinski definition) is 3. The van der Waals surface area contributed by atoms with Crippen LogP contribution >= 0.6 is 11.6 Å². The van der Waals surface area contributed by atoms with Crippen molar-refractivity contribution in [2.75, 3.05) is 7.11 Å². The van der Waals surface area contributed by atoms with E-state index in [0.717, 1.165) is 22.3 Å². The van der Waals surface area contributed by atoms with Crippen LogP contribution < -0.4 is 0 Å². The number of aromatic amines is 1. The number of rotatable bonds is 5. The summed E-state index contributed by atoms with van der Waals surface area (Å²) in [5.41, 5.74) is 3.91. The topological polar surface area (TPSA) is 61.7 Å². The van der Waals surface area contributed by atoms with Gasteiger partial charge in [-0.25, -0.2) is 0 Å². The third kappa shape index (κ3) is 3.33. The predicted molar refractivity (Wildman–Crippen MR) is 93.6 cm³/mol. The molecule has 0 saturated heterocycles. The first-order valence-electron chi connectivity index (χ1n) is 7.50. The fourth-order valence-electron chi connectivity index (χ4n) is 2.73. The summed E-state index contributed by atoms with van der Waals surface area (Å²) in [6.07, 6.45) is 3.26. The molecule has 120 valence electrons. The zero-order valence-electron chi connectivity index (χ0n) is 13.1. The van der Waals surface area contributed by atoms with E-state index in [1.807, 2.05) is 42.6 Å². The van der Waals surface area contributed by atoms with Crippen LogP contribution in [0.2, 0.25) is 5.02 Å². The lowest BCUT2D eigenvalue weighted by molar-refractivity contribution is 0.0929. The van der Waals surface area contributed by atoms with Crippen LogP contribution in [0, 0.1) is 11.3 Å². The first-order valence-corrected chi connectivity index (χ1v) is 7.87. The van der Waals surface area contributed by atoms with Crippen LogP contribution in [0.5, 0.6) is 0 Å². The van der Waals surface area contributed by atoms with Gasteiger partial charge in [-0.1, -0.05) is 48.0 Å². The molecule has 2 unspecified atom stereocenters. The molecule has 0 spiro atoms. The van der Waals surface area contributed by atoms with E-state index >= 15 is 0 Å². The molecule has 0 radical (unpaired) electrons. The van der Waals surface area contributed by atoms with E-state index in [1.54, 1.807) is 25.4 Å². The van der Waals surface area contributed by atoms with Crippen molar-refractivity contribution in [2.24, 2.45) is 0 Å². The van der Waals surface area contributed by atoms with E-state index < -0.39 is 5.92 Å². The molecule has 2 atom stereocenters. The molecule has 0 aliphatic rings. The Balaban J connectivity index is 1.89. The molecule has 24 heavy (non-hydrogen) atoms. The highest BCUT2D eigenvalue weighted by Crippen LogP contribution is 2.34. The summed E-state index contributed by atoms with van der Waals surface area (Å²) in [6.45, 7) is 0. The molecule has 1 N–H and O–H groups in total. The van der Waals surface area contributed by atoms with Gasteiger partial charge >= 0.3 is 0 Å². The van der Waals surface area contributed by atoms with Gasteiger partial charge in [-0.05, 0) is 28.8 Å².